The Bertz CT molecular complexity index is 114. The molecule has 79 valence electrons. The average molecular weight is 227 g/mol. The summed E-state index contributed by atoms with van der Waals surface area (Å²) in [4.78, 5) is 0. The molecular weight excluding hydrogens is 208 g/mol. The van der Waals surface area contributed by atoms with Gasteiger partial charge in [-0.1, -0.05) is 13.8 Å². The molecular formula is C7H19N2O3Ti. The molecule has 0 rings (SSSR count). The Morgan fingerprint density at radius 2 is 2.00 bits per heavy atom. The van der Waals surface area contributed by atoms with Crippen LogP contribution in [0.5, 0.6) is 0 Å². The first-order valence-electron chi connectivity index (χ1n) is 4.20. The third-order valence-corrected chi connectivity index (χ3v) is 1.44. The molecule has 0 aromatic heterocycles. The van der Waals surface area contributed by atoms with E-state index >= 15 is 0 Å². The molecule has 1 atom stereocenters. The second-order valence-electron chi connectivity index (χ2n) is 2.90. The van der Waals surface area contributed by atoms with E-state index in [-0.39, 0.29) is 6.10 Å². The molecule has 13 heavy (non-hydrogen) atoms. The van der Waals surface area contributed by atoms with Crippen molar-refractivity contribution < 1.29 is 31.6 Å². The summed E-state index contributed by atoms with van der Waals surface area (Å²) in [6.07, 6.45) is -0.244. The SMILES string of the molecule is CC(C)C(O)CNCCN.[O]=[Ti][OH]. The van der Waals surface area contributed by atoms with Gasteiger partial charge < -0.3 is 16.2 Å². The Morgan fingerprint density at radius 3 is 2.31 bits per heavy atom. The van der Waals surface area contributed by atoms with Gasteiger partial charge in [0.1, 0.15) is 0 Å². The van der Waals surface area contributed by atoms with Gasteiger partial charge in [-0.15, -0.1) is 0 Å². The van der Waals surface area contributed by atoms with Gasteiger partial charge in [-0.25, -0.2) is 0 Å². The van der Waals surface area contributed by atoms with Crippen molar-refractivity contribution in [1.29, 1.82) is 0 Å². The van der Waals surface area contributed by atoms with Crippen molar-refractivity contribution in [3.05, 3.63) is 0 Å². The molecule has 0 amide bonds. The molecule has 0 saturated heterocycles. The molecule has 0 spiro atoms. The third kappa shape index (κ3) is 15.1. The minimum absolute atomic E-state index is 0.244. The van der Waals surface area contributed by atoms with Gasteiger partial charge in [-0.05, 0) is 5.92 Å². The second-order valence-corrected chi connectivity index (χ2v) is 3.18. The molecule has 0 aromatic rings. The molecule has 0 heterocycles. The summed E-state index contributed by atoms with van der Waals surface area (Å²) in [5, 5.41) is 12.3. The Kier molecular flexibility index (Phi) is 15.0. The molecule has 0 aromatic carbocycles. The van der Waals surface area contributed by atoms with E-state index in [2.05, 4.69) is 5.32 Å². The molecule has 0 bridgehead atoms. The maximum absolute atomic E-state index is 9.25. The number of nitrogens with one attached hydrogen (secondary N) is 1. The second kappa shape index (κ2) is 12.4. The van der Waals surface area contributed by atoms with E-state index in [4.69, 9.17) is 12.7 Å². The van der Waals surface area contributed by atoms with Crippen LogP contribution in [-0.2, 0) is 22.8 Å². The zero-order valence-electron chi connectivity index (χ0n) is 8.16. The summed E-state index contributed by atoms with van der Waals surface area (Å²) in [5.41, 5.74) is 5.25. The van der Waals surface area contributed by atoms with Gasteiger partial charge in [0.05, 0.1) is 6.10 Å². The van der Waals surface area contributed by atoms with Crippen LogP contribution in [0.3, 0.4) is 0 Å². The van der Waals surface area contributed by atoms with Crippen molar-refractivity contribution in [2.75, 3.05) is 19.6 Å². The third-order valence-electron chi connectivity index (χ3n) is 1.44. The quantitative estimate of drug-likeness (QED) is 0.352. The van der Waals surface area contributed by atoms with Gasteiger partial charge in [0.25, 0.3) is 0 Å². The number of hydrogen-bond acceptors (Lipinski definition) is 4. The van der Waals surface area contributed by atoms with E-state index in [0.717, 1.165) is 6.54 Å². The molecule has 1 unspecified atom stereocenters. The van der Waals surface area contributed by atoms with E-state index in [1.165, 1.54) is 0 Å². The van der Waals surface area contributed by atoms with E-state index in [1.54, 1.807) is 0 Å². The summed E-state index contributed by atoms with van der Waals surface area (Å²) in [6.45, 7) is 6.05. The normalized spacial score (nSPS) is 11.5. The van der Waals surface area contributed by atoms with Gasteiger partial charge in [-0.2, -0.15) is 0 Å². The first-order valence-corrected chi connectivity index (χ1v) is 5.53. The summed E-state index contributed by atoms with van der Waals surface area (Å²) >= 11 is -1.75. The van der Waals surface area contributed by atoms with Crippen LogP contribution in [-0.4, -0.2) is 34.5 Å². The Labute approximate surface area is 88.4 Å². The zero-order valence-corrected chi connectivity index (χ0v) is 9.72. The van der Waals surface area contributed by atoms with Crippen molar-refractivity contribution >= 4 is 0 Å². The van der Waals surface area contributed by atoms with Crippen LogP contribution >= 0.6 is 0 Å². The van der Waals surface area contributed by atoms with Crippen molar-refractivity contribution in [1.82, 2.24) is 5.32 Å². The Morgan fingerprint density at radius 1 is 1.54 bits per heavy atom. The molecule has 0 saturated carbocycles. The van der Waals surface area contributed by atoms with Gasteiger partial charge in [0.15, 0.2) is 0 Å². The Hall–Kier alpha value is 0.354. The van der Waals surface area contributed by atoms with Crippen molar-refractivity contribution in [2.24, 2.45) is 11.7 Å². The molecule has 6 heteroatoms. The topological polar surface area (TPSA) is 95.6 Å². The van der Waals surface area contributed by atoms with Gasteiger partial charge in [-0.3, -0.25) is 0 Å². The average Bonchev–Trinajstić information content (AvgIpc) is 2.06. The molecule has 0 aliphatic carbocycles. The van der Waals surface area contributed by atoms with Crippen molar-refractivity contribution in [2.45, 2.75) is 20.0 Å². The number of aliphatic hydroxyl groups is 1. The monoisotopic (exact) mass is 227 g/mol. The van der Waals surface area contributed by atoms with E-state index in [0.29, 0.717) is 19.0 Å². The van der Waals surface area contributed by atoms with Gasteiger partial charge >= 0.3 is 26.5 Å². The van der Waals surface area contributed by atoms with Crippen molar-refractivity contribution in [3.63, 3.8) is 0 Å². The van der Waals surface area contributed by atoms with Gasteiger partial charge in [0.2, 0.25) is 0 Å². The molecule has 0 fully saturated rings. The standard InChI is InChI=1S/C7H18N2O.H2O.O.Ti/c1-6(2)7(10)5-9-4-3-8;;;/h6-7,9-10H,3-5,8H2,1-2H3;1H2;;/q;;;+1/p-1. The predicted molar refractivity (Wildman–Crippen MR) is 45.7 cm³/mol. The van der Waals surface area contributed by atoms with Crippen LogP contribution in [0.1, 0.15) is 13.8 Å². The Balaban J connectivity index is 0. The zero-order chi connectivity index (χ0) is 10.7. The molecule has 5 N–H and O–H groups in total. The van der Waals surface area contributed by atoms with Crippen LogP contribution in [0.2, 0.25) is 0 Å². The summed E-state index contributed by atoms with van der Waals surface area (Å²) in [7, 11) is 0. The number of nitrogens with two attached hydrogens (primary N) is 1. The fourth-order valence-corrected chi connectivity index (χ4v) is 0.588. The van der Waals surface area contributed by atoms with E-state index in [1.807, 2.05) is 13.8 Å². The fraction of sp³-hybridized carbons (Fsp3) is 1.00. The molecule has 5 nitrogen and oxygen atoms in total. The summed E-state index contributed by atoms with van der Waals surface area (Å²) in [6, 6.07) is 0. The fourth-order valence-electron chi connectivity index (χ4n) is 0.588. The summed E-state index contributed by atoms with van der Waals surface area (Å²) < 4.78 is 15.8. The van der Waals surface area contributed by atoms with E-state index < -0.39 is 19.5 Å². The number of rotatable bonds is 5. The van der Waals surface area contributed by atoms with Crippen LogP contribution < -0.4 is 11.1 Å². The summed E-state index contributed by atoms with van der Waals surface area (Å²) in [5.74, 6) is 0.324. The molecule has 0 radical (unpaired) electrons. The van der Waals surface area contributed by atoms with Gasteiger partial charge in [0, 0.05) is 19.6 Å². The van der Waals surface area contributed by atoms with E-state index in [9.17, 15) is 5.11 Å². The maximum atomic E-state index is 9.25. The first kappa shape index (κ1) is 15.8. The molecule has 0 aliphatic rings. The van der Waals surface area contributed by atoms with Crippen LogP contribution in [0.4, 0.5) is 0 Å². The van der Waals surface area contributed by atoms with Crippen LogP contribution in [0.25, 0.3) is 0 Å². The predicted octanol–water partition coefficient (Wildman–Crippen LogP) is -1.13. The van der Waals surface area contributed by atoms with Crippen LogP contribution in [0.15, 0.2) is 0 Å². The van der Waals surface area contributed by atoms with Crippen LogP contribution in [0, 0.1) is 5.92 Å². The van der Waals surface area contributed by atoms with Crippen molar-refractivity contribution in [3.8, 4) is 0 Å². The number of aliphatic hydroxyl groups excluding tert-OH is 1. The minimum atomic E-state index is -1.75. The number of hydrogen-bond donors (Lipinski definition) is 4. The molecule has 0 aliphatic heterocycles. The first-order chi connectivity index (χ1) is 6.09.